The molecule has 1 aliphatic rings. The molecule has 7 nitrogen and oxygen atoms in total. The van der Waals surface area contributed by atoms with E-state index < -0.39 is 0 Å². The first-order valence-electron chi connectivity index (χ1n) is 9.60. The number of nitrogens with zero attached hydrogens (tertiary/aromatic N) is 4. The smallest absolute Gasteiger partial charge is 0.220 e. The minimum Gasteiger partial charge on any atom is -0.359 e. The summed E-state index contributed by atoms with van der Waals surface area (Å²) in [6.45, 7) is 10.0. The van der Waals surface area contributed by atoms with E-state index in [9.17, 15) is 4.79 Å². The maximum absolute atomic E-state index is 11.5. The van der Waals surface area contributed by atoms with E-state index in [-0.39, 0.29) is 5.91 Å². The molecule has 1 fully saturated rings. The van der Waals surface area contributed by atoms with Gasteiger partial charge < -0.3 is 15.5 Å². The van der Waals surface area contributed by atoms with Crippen LogP contribution in [-0.2, 0) is 11.3 Å². The molecule has 1 aliphatic heterocycles. The van der Waals surface area contributed by atoms with Crippen molar-refractivity contribution in [2.75, 3.05) is 33.7 Å². The Kier molecular flexibility index (Phi) is 7.48. The number of hydrogen-bond donors (Lipinski definition) is 2. The summed E-state index contributed by atoms with van der Waals surface area (Å²) >= 11 is 0. The largest absolute Gasteiger partial charge is 0.359 e. The number of aryl methyl sites for hydroxylation is 2. The maximum Gasteiger partial charge on any atom is 0.220 e. The van der Waals surface area contributed by atoms with Gasteiger partial charge in [0.2, 0.25) is 5.91 Å². The highest BCUT2D eigenvalue weighted by Gasteiger charge is 2.23. The third-order valence-electron chi connectivity index (χ3n) is 5.08. The van der Waals surface area contributed by atoms with E-state index in [1.165, 1.54) is 5.69 Å². The lowest BCUT2D eigenvalue weighted by Gasteiger charge is -2.34. The summed E-state index contributed by atoms with van der Waals surface area (Å²) in [5.74, 6) is 2.04. The van der Waals surface area contributed by atoms with Crippen LogP contribution in [-0.4, -0.2) is 60.3 Å². The van der Waals surface area contributed by atoms with Crippen LogP contribution in [0.3, 0.4) is 0 Å². The van der Waals surface area contributed by atoms with Crippen molar-refractivity contribution in [1.29, 1.82) is 0 Å². The van der Waals surface area contributed by atoms with Crippen molar-refractivity contribution < 1.29 is 4.79 Å². The topological polar surface area (TPSA) is 74.5 Å². The number of piperidine rings is 1. The fraction of sp³-hybridized carbons (Fsp3) is 0.737. The summed E-state index contributed by atoms with van der Waals surface area (Å²) in [6, 6.07) is 2.11. The summed E-state index contributed by atoms with van der Waals surface area (Å²) in [7, 11) is 3.54. The van der Waals surface area contributed by atoms with Crippen LogP contribution in [0.15, 0.2) is 11.1 Å². The van der Waals surface area contributed by atoms with Crippen molar-refractivity contribution in [2.45, 2.75) is 46.6 Å². The van der Waals surface area contributed by atoms with E-state index >= 15 is 0 Å². The fourth-order valence-electron chi connectivity index (χ4n) is 3.53. The second-order valence-corrected chi connectivity index (χ2v) is 7.45. The molecular weight excluding hydrogens is 328 g/mol. The van der Waals surface area contributed by atoms with E-state index in [4.69, 9.17) is 0 Å². The summed E-state index contributed by atoms with van der Waals surface area (Å²) in [6.07, 6.45) is 2.71. The predicted molar refractivity (Wildman–Crippen MR) is 105 cm³/mol. The number of rotatable bonds is 6. The van der Waals surface area contributed by atoms with Crippen LogP contribution in [0.2, 0.25) is 0 Å². The highest BCUT2D eigenvalue weighted by Crippen LogP contribution is 2.20. The molecule has 2 heterocycles. The van der Waals surface area contributed by atoms with Crippen molar-refractivity contribution in [3.8, 4) is 0 Å². The molecule has 2 N–H and O–H groups in total. The van der Waals surface area contributed by atoms with Gasteiger partial charge in [-0.25, -0.2) is 0 Å². The SMILES string of the molecule is CN=C(NCC(C)Cn1nc(C)cc1C)N1CCC(CC(=O)NC)CC1. The Hall–Kier alpha value is -2.05. The van der Waals surface area contributed by atoms with E-state index in [1.807, 2.05) is 14.0 Å². The first-order valence-corrected chi connectivity index (χ1v) is 9.60. The zero-order valence-corrected chi connectivity index (χ0v) is 16.9. The number of likely N-dealkylation sites (tertiary alicyclic amines) is 1. The van der Waals surface area contributed by atoms with Crippen molar-refractivity contribution in [3.63, 3.8) is 0 Å². The molecule has 1 saturated heterocycles. The molecule has 2 rings (SSSR count). The highest BCUT2D eigenvalue weighted by atomic mass is 16.1. The molecule has 0 radical (unpaired) electrons. The first-order chi connectivity index (χ1) is 12.4. The van der Waals surface area contributed by atoms with Gasteiger partial charge >= 0.3 is 0 Å². The Morgan fingerprint density at radius 2 is 2.08 bits per heavy atom. The normalized spacial score (nSPS) is 17.3. The van der Waals surface area contributed by atoms with Gasteiger partial charge in [-0.2, -0.15) is 5.10 Å². The molecule has 0 spiro atoms. The van der Waals surface area contributed by atoms with E-state index in [0.717, 1.165) is 50.7 Å². The Morgan fingerprint density at radius 1 is 1.38 bits per heavy atom. The lowest BCUT2D eigenvalue weighted by atomic mass is 9.93. The Labute approximate surface area is 157 Å². The van der Waals surface area contributed by atoms with Gasteiger partial charge in [-0.3, -0.25) is 14.5 Å². The number of carbonyl (C=O) groups excluding carboxylic acids is 1. The number of amides is 1. The molecule has 0 saturated carbocycles. The molecular formula is C19H34N6O. The quantitative estimate of drug-likeness (QED) is 0.595. The third kappa shape index (κ3) is 5.75. The van der Waals surface area contributed by atoms with Crippen LogP contribution in [0.4, 0.5) is 0 Å². The lowest BCUT2D eigenvalue weighted by Crippen LogP contribution is -2.47. The van der Waals surface area contributed by atoms with Gasteiger partial charge in [-0.1, -0.05) is 6.92 Å². The van der Waals surface area contributed by atoms with Gasteiger partial charge in [0.1, 0.15) is 0 Å². The van der Waals surface area contributed by atoms with Crippen molar-refractivity contribution in [1.82, 2.24) is 25.3 Å². The predicted octanol–water partition coefficient (Wildman–Crippen LogP) is 1.56. The van der Waals surface area contributed by atoms with Gasteiger partial charge in [0.25, 0.3) is 0 Å². The fourth-order valence-corrected chi connectivity index (χ4v) is 3.53. The summed E-state index contributed by atoms with van der Waals surface area (Å²) in [5, 5.41) is 10.8. The van der Waals surface area contributed by atoms with E-state index in [1.54, 1.807) is 7.05 Å². The minimum absolute atomic E-state index is 0.143. The molecule has 1 aromatic heterocycles. The zero-order chi connectivity index (χ0) is 19.1. The van der Waals surface area contributed by atoms with Gasteiger partial charge in [0.05, 0.1) is 5.69 Å². The Balaban J connectivity index is 1.77. The van der Waals surface area contributed by atoms with Crippen molar-refractivity contribution >= 4 is 11.9 Å². The second-order valence-electron chi connectivity index (χ2n) is 7.45. The van der Waals surface area contributed by atoms with Gasteiger partial charge in [0.15, 0.2) is 5.96 Å². The molecule has 1 aromatic rings. The first kappa shape index (κ1) is 20.3. The van der Waals surface area contributed by atoms with Gasteiger partial charge in [-0.15, -0.1) is 0 Å². The number of carbonyl (C=O) groups is 1. The molecule has 0 aliphatic carbocycles. The van der Waals surface area contributed by atoms with Gasteiger partial charge in [-0.05, 0) is 44.6 Å². The number of aliphatic imine (C=N–C) groups is 1. The third-order valence-corrected chi connectivity index (χ3v) is 5.08. The van der Waals surface area contributed by atoms with Crippen LogP contribution < -0.4 is 10.6 Å². The summed E-state index contributed by atoms with van der Waals surface area (Å²) < 4.78 is 2.08. The second kappa shape index (κ2) is 9.59. The summed E-state index contributed by atoms with van der Waals surface area (Å²) in [4.78, 5) is 18.3. The van der Waals surface area contributed by atoms with Crippen LogP contribution in [0.25, 0.3) is 0 Å². The van der Waals surface area contributed by atoms with Crippen molar-refractivity contribution in [3.05, 3.63) is 17.5 Å². The van der Waals surface area contributed by atoms with Crippen LogP contribution in [0.1, 0.15) is 37.6 Å². The minimum atomic E-state index is 0.143. The standard InChI is InChI=1S/C19H34N6O/c1-14(13-25-16(3)10-15(2)23-25)12-22-19(21-5)24-8-6-17(7-9-24)11-18(26)20-4/h10,14,17H,6-9,11-13H2,1-5H3,(H,20,26)(H,21,22). The van der Waals surface area contributed by atoms with Gasteiger partial charge in [0, 0.05) is 52.4 Å². The molecule has 0 bridgehead atoms. The van der Waals surface area contributed by atoms with E-state index in [0.29, 0.717) is 18.3 Å². The number of aromatic nitrogens is 2. The highest BCUT2D eigenvalue weighted by molar-refractivity contribution is 5.80. The number of guanidine groups is 1. The molecule has 0 aromatic carbocycles. The van der Waals surface area contributed by atoms with Crippen LogP contribution in [0, 0.1) is 25.7 Å². The average Bonchev–Trinajstić information content (AvgIpc) is 2.93. The number of hydrogen-bond acceptors (Lipinski definition) is 3. The Morgan fingerprint density at radius 3 is 2.62 bits per heavy atom. The molecule has 1 atom stereocenters. The van der Waals surface area contributed by atoms with Crippen LogP contribution >= 0.6 is 0 Å². The summed E-state index contributed by atoms with van der Waals surface area (Å²) in [5.41, 5.74) is 2.27. The molecule has 1 amide bonds. The molecule has 146 valence electrons. The lowest BCUT2D eigenvalue weighted by molar-refractivity contribution is -0.121. The number of nitrogens with one attached hydrogen (secondary N) is 2. The Bertz CT molecular complexity index is 616. The monoisotopic (exact) mass is 362 g/mol. The maximum atomic E-state index is 11.5. The zero-order valence-electron chi connectivity index (χ0n) is 16.9. The molecule has 1 unspecified atom stereocenters. The van der Waals surface area contributed by atoms with Crippen molar-refractivity contribution in [2.24, 2.45) is 16.8 Å². The molecule has 26 heavy (non-hydrogen) atoms. The van der Waals surface area contributed by atoms with Crippen LogP contribution in [0.5, 0.6) is 0 Å². The average molecular weight is 363 g/mol. The van der Waals surface area contributed by atoms with E-state index in [2.05, 4.69) is 50.2 Å². The molecule has 7 heteroatoms.